The summed E-state index contributed by atoms with van der Waals surface area (Å²) >= 11 is 0. The van der Waals surface area contributed by atoms with Crippen LogP contribution in [-0.4, -0.2) is 35.9 Å². The predicted molar refractivity (Wildman–Crippen MR) is 91.3 cm³/mol. The molecule has 0 N–H and O–H groups in total. The fourth-order valence-electron chi connectivity index (χ4n) is 2.96. The van der Waals surface area contributed by atoms with Gasteiger partial charge < -0.3 is 14.0 Å². The normalized spacial score (nSPS) is 11.7. The Labute approximate surface area is 146 Å². The van der Waals surface area contributed by atoms with Gasteiger partial charge in [-0.05, 0) is 17.7 Å². The maximum absolute atomic E-state index is 13.2. The lowest BCUT2D eigenvalue weighted by Crippen LogP contribution is -2.18. The highest BCUT2D eigenvalue weighted by Gasteiger charge is 2.32. The minimum Gasteiger partial charge on any atom is -0.494 e. The van der Waals surface area contributed by atoms with Gasteiger partial charge in [-0.2, -0.15) is 13.2 Å². The Hall–Kier alpha value is -3.03. The maximum Gasteiger partial charge on any atom is 0.406 e. The summed E-state index contributed by atoms with van der Waals surface area (Å²) in [5.74, 6) is -0.755. The third-order valence-corrected chi connectivity index (χ3v) is 4.03. The SMILES string of the molecule is C=Cc1ccc2c(c1)c1ncc(C(=O)OC)c(OC)c1n2CC(F)(F)F. The second-order valence-corrected chi connectivity index (χ2v) is 5.58. The molecule has 0 spiro atoms. The summed E-state index contributed by atoms with van der Waals surface area (Å²) < 4.78 is 50.6. The van der Waals surface area contributed by atoms with Crippen LogP contribution in [0.3, 0.4) is 0 Å². The van der Waals surface area contributed by atoms with Crippen molar-refractivity contribution in [1.82, 2.24) is 9.55 Å². The highest BCUT2D eigenvalue weighted by atomic mass is 19.4. The van der Waals surface area contributed by atoms with Crippen LogP contribution in [0, 0.1) is 0 Å². The van der Waals surface area contributed by atoms with Gasteiger partial charge in [-0.25, -0.2) is 4.79 Å². The smallest absolute Gasteiger partial charge is 0.406 e. The molecule has 0 unspecified atom stereocenters. The number of carbonyl (C=O) groups excluding carboxylic acids is 1. The summed E-state index contributed by atoms with van der Waals surface area (Å²) in [7, 11) is 2.46. The third-order valence-electron chi connectivity index (χ3n) is 4.03. The van der Waals surface area contributed by atoms with Gasteiger partial charge in [-0.3, -0.25) is 4.98 Å². The molecule has 5 nitrogen and oxygen atoms in total. The molecule has 0 fully saturated rings. The standard InChI is InChI=1S/C18H15F3N2O3/c1-4-10-5-6-13-11(7-10)14-15(23(13)9-18(19,20)21)16(25-2)12(8-22-14)17(24)26-3/h4-8H,1,9H2,2-3H3. The molecule has 3 rings (SSSR count). The summed E-state index contributed by atoms with van der Waals surface area (Å²) in [6.07, 6.45) is -1.64. The lowest BCUT2D eigenvalue weighted by atomic mass is 10.1. The second-order valence-electron chi connectivity index (χ2n) is 5.58. The van der Waals surface area contributed by atoms with E-state index in [1.807, 2.05) is 0 Å². The number of rotatable bonds is 4. The monoisotopic (exact) mass is 364 g/mol. The molecule has 0 saturated heterocycles. The van der Waals surface area contributed by atoms with Gasteiger partial charge in [-0.1, -0.05) is 18.7 Å². The Morgan fingerprint density at radius 1 is 1.35 bits per heavy atom. The van der Waals surface area contributed by atoms with Crippen molar-refractivity contribution in [3.05, 3.63) is 42.1 Å². The maximum atomic E-state index is 13.2. The summed E-state index contributed by atoms with van der Waals surface area (Å²) in [4.78, 5) is 16.2. The van der Waals surface area contributed by atoms with E-state index >= 15 is 0 Å². The molecular formula is C18H15F3N2O3. The summed E-state index contributed by atoms with van der Waals surface area (Å²) in [6, 6.07) is 4.92. The number of pyridine rings is 1. The quantitative estimate of drug-likeness (QED) is 0.652. The zero-order valence-corrected chi connectivity index (χ0v) is 14.1. The van der Waals surface area contributed by atoms with Crippen LogP contribution in [0.4, 0.5) is 13.2 Å². The van der Waals surface area contributed by atoms with Crippen molar-refractivity contribution >= 4 is 34.0 Å². The van der Waals surface area contributed by atoms with Gasteiger partial charge in [0.15, 0.2) is 5.75 Å². The van der Waals surface area contributed by atoms with Crippen LogP contribution in [0.1, 0.15) is 15.9 Å². The molecule has 0 radical (unpaired) electrons. The number of benzene rings is 1. The fourth-order valence-corrected chi connectivity index (χ4v) is 2.96. The molecule has 26 heavy (non-hydrogen) atoms. The van der Waals surface area contributed by atoms with Gasteiger partial charge in [0.05, 0.1) is 25.3 Å². The van der Waals surface area contributed by atoms with Gasteiger partial charge in [0.2, 0.25) is 0 Å². The molecule has 3 aromatic rings. The van der Waals surface area contributed by atoms with E-state index in [0.29, 0.717) is 16.4 Å². The fraction of sp³-hybridized carbons (Fsp3) is 0.222. The van der Waals surface area contributed by atoms with Crippen LogP contribution in [0.25, 0.3) is 28.0 Å². The van der Waals surface area contributed by atoms with Gasteiger partial charge in [0.1, 0.15) is 17.6 Å². The van der Waals surface area contributed by atoms with Crippen molar-refractivity contribution in [1.29, 1.82) is 0 Å². The van der Waals surface area contributed by atoms with Crippen molar-refractivity contribution in [2.75, 3.05) is 14.2 Å². The summed E-state index contributed by atoms with van der Waals surface area (Å²) in [5.41, 5.74) is 1.41. The molecule has 2 heterocycles. The first-order chi connectivity index (χ1) is 12.3. The number of hydrogen-bond donors (Lipinski definition) is 0. The molecule has 0 aliphatic heterocycles. The number of methoxy groups -OCH3 is 2. The Balaban J connectivity index is 2.48. The van der Waals surface area contributed by atoms with Crippen LogP contribution in [0.2, 0.25) is 0 Å². The summed E-state index contributed by atoms with van der Waals surface area (Å²) in [6.45, 7) is 2.43. The van der Waals surface area contributed by atoms with Crippen LogP contribution in [0.15, 0.2) is 31.0 Å². The first-order valence-electron chi connectivity index (χ1n) is 7.57. The topological polar surface area (TPSA) is 53.4 Å². The Bertz CT molecular complexity index is 1020. The number of hydrogen-bond acceptors (Lipinski definition) is 4. The zero-order valence-electron chi connectivity index (χ0n) is 14.1. The average Bonchev–Trinajstić information content (AvgIpc) is 2.92. The zero-order chi connectivity index (χ0) is 19.1. The van der Waals surface area contributed by atoms with Gasteiger partial charge >= 0.3 is 12.1 Å². The summed E-state index contributed by atoms with van der Waals surface area (Å²) in [5, 5.41) is 0.511. The van der Waals surface area contributed by atoms with E-state index in [2.05, 4.69) is 16.3 Å². The van der Waals surface area contributed by atoms with Gasteiger partial charge in [0.25, 0.3) is 0 Å². The van der Waals surface area contributed by atoms with Crippen molar-refractivity contribution in [3.8, 4) is 5.75 Å². The van der Waals surface area contributed by atoms with Crippen molar-refractivity contribution in [2.45, 2.75) is 12.7 Å². The minimum atomic E-state index is -4.47. The van der Waals surface area contributed by atoms with Crippen molar-refractivity contribution in [3.63, 3.8) is 0 Å². The molecule has 0 bridgehead atoms. The lowest BCUT2D eigenvalue weighted by molar-refractivity contribution is -0.139. The molecule has 1 aromatic carbocycles. The molecule has 0 saturated carbocycles. The molecule has 8 heteroatoms. The number of carbonyl (C=O) groups is 1. The van der Waals surface area contributed by atoms with Crippen LogP contribution >= 0.6 is 0 Å². The van der Waals surface area contributed by atoms with E-state index in [1.54, 1.807) is 24.3 Å². The molecule has 0 aliphatic rings. The van der Waals surface area contributed by atoms with Gasteiger partial charge in [-0.15, -0.1) is 0 Å². The van der Waals surface area contributed by atoms with Crippen LogP contribution in [-0.2, 0) is 11.3 Å². The van der Waals surface area contributed by atoms with E-state index in [-0.39, 0.29) is 16.8 Å². The molecule has 0 aliphatic carbocycles. The second kappa shape index (κ2) is 6.36. The largest absolute Gasteiger partial charge is 0.494 e. The number of halogens is 3. The molecule has 2 aromatic heterocycles. The van der Waals surface area contributed by atoms with Crippen molar-refractivity contribution < 1.29 is 27.4 Å². The molecule has 0 amide bonds. The Morgan fingerprint density at radius 2 is 2.08 bits per heavy atom. The average molecular weight is 364 g/mol. The predicted octanol–water partition coefficient (Wildman–Crippen LogP) is 4.19. The number of aromatic nitrogens is 2. The van der Waals surface area contributed by atoms with Crippen LogP contribution < -0.4 is 4.74 Å². The van der Waals surface area contributed by atoms with E-state index in [4.69, 9.17) is 4.74 Å². The number of fused-ring (bicyclic) bond motifs is 3. The number of ether oxygens (including phenoxy) is 2. The minimum absolute atomic E-state index is 0.0116. The molecule has 0 atom stereocenters. The van der Waals surface area contributed by atoms with Gasteiger partial charge in [0, 0.05) is 11.6 Å². The third kappa shape index (κ3) is 2.87. The van der Waals surface area contributed by atoms with E-state index in [0.717, 1.165) is 10.1 Å². The first kappa shape index (κ1) is 17.8. The number of nitrogens with zero attached hydrogens (tertiary/aromatic N) is 2. The lowest BCUT2D eigenvalue weighted by Gasteiger charge is -2.14. The number of alkyl halides is 3. The van der Waals surface area contributed by atoms with E-state index in [1.165, 1.54) is 20.4 Å². The Morgan fingerprint density at radius 3 is 2.65 bits per heavy atom. The number of esters is 1. The highest BCUT2D eigenvalue weighted by molar-refractivity contribution is 6.11. The van der Waals surface area contributed by atoms with E-state index < -0.39 is 18.7 Å². The Kier molecular flexibility index (Phi) is 4.35. The molecule has 136 valence electrons. The molecular weight excluding hydrogens is 349 g/mol. The van der Waals surface area contributed by atoms with Crippen molar-refractivity contribution in [2.24, 2.45) is 0 Å². The van der Waals surface area contributed by atoms with Crippen LogP contribution in [0.5, 0.6) is 5.75 Å². The van der Waals surface area contributed by atoms with E-state index in [9.17, 15) is 18.0 Å². The first-order valence-corrected chi connectivity index (χ1v) is 7.57. The highest BCUT2D eigenvalue weighted by Crippen LogP contribution is 2.38.